The first-order valence-corrected chi connectivity index (χ1v) is 6.84. The minimum Gasteiger partial charge on any atom is -0.465 e. The van der Waals surface area contributed by atoms with Gasteiger partial charge in [-0.25, -0.2) is 0 Å². The molecule has 1 amide bonds. The monoisotopic (exact) mass is 272 g/mol. The summed E-state index contributed by atoms with van der Waals surface area (Å²) in [5.74, 6) is -0.114. The lowest BCUT2D eigenvalue weighted by Gasteiger charge is -2.26. The molecular formula is C14H28N2O3. The van der Waals surface area contributed by atoms with Gasteiger partial charge in [0.2, 0.25) is 5.91 Å². The third kappa shape index (κ3) is 9.47. The smallest absolute Gasteiger partial charge is 0.325 e. The van der Waals surface area contributed by atoms with Crippen molar-refractivity contribution in [1.82, 2.24) is 10.2 Å². The van der Waals surface area contributed by atoms with Crippen LogP contribution < -0.4 is 5.32 Å². The van der Waals surface area contributed by atoms with E-state index in [4.69, 9.17) is 4.74 Å². The highest BCUT2D eigenvalue weighted by Crippen LogP contribution is 2.02. The van der Waals surface area contributed by atoms with Gasteiger partial charge in [-0.1, -0.05) is 13.8 Å². The van der Waals surface area contributed by atoms with E-state index in [1.807, 2.05) is 34.6 Å². The van der Waals surface area contributed by atoms with Crippen LogP contribution in [0.1, 0.15) is 41.5 Å². The third-order valence-electron chi connectivity index (χ3n) is 2.33. The molecule has 0 unspecified atom stereocenters. The van der Waals surface area contributed by atoms with E-state index < -0.39 is 0 Å². The SMILES string of the molecule is CCOC(=O)CN(CC(C)C)C(=O)CNC(C)(C)C. The average Bonchev–Trinajstić information content (AvgIpc) is 2.23. The van der Waals surface area contributed by atoms with Gasteiger partial charge in [0.1, 0.15) is 6.54 Å². The molecule has 0 saturated heterocycles. The fourth-order valence-electron chi connectivity index (χ4n) is 1.51. The van der Waals surface area contributed by atoms with E-state index in [0.717, 1.165) is 0 Å². The van der Waals surface area contributed by atoms with Crippen LogP contribution >= 0.6 is 0 Å². The number of nitrogens with zero attached hydrogens (tertiary/aromatic N) is 1. The van der Waals surface area contributed by atoms with Crippen LogP contribution in [0.25, 0.3) is 0 Å². The molecule has 5 nitrogen and oxygen atoms in total. The van der Waals surface area contributed by atoms with Gasteiger partial charge < -0.3 is 15.0 Å². The maximum atomic E-state index is 12.1. The molecule has 0 atom stereocenters. The van der Waals surface area contributed by atoms with Crippen molar-refractivity contribution in [2.45, 2.75) is 47.1 Å². The third-order valence-corrected chi connectivity index (χ3v) is 2.33. The van der Waals surface area contributed by atoms with E-state index >= 15 is 0 Å². The van der Waals surface area contributed by atoms with E-state index in [-0.39, 0.29) is 30.5 Å². The molecule has 0 saturated carbocycles. The minimum absolute atomic E-state index is 0.0245. The summed E-state index contributed by atoms with van der Waals surface area (Å²) in [7, 11) is 0. The highest BCUT2D eigenvalue weighted by Gasteiger charge is 2.20. The largest absolute Gasteiger partial charge is 0.465 e. The number of carbonyl (C=O) groups excluding carboxylic acids is 2. The second-order valence-electron chi connectivity index (χ2n) is 6.08. The van der Waals surface area contributed by atoms with Crippen molar-refractivity contribution in [2.75, 3.05) is 26.2 Å². The van der Waals surface area contributed by atoms with Gasteiger partial charge >= 0.3 is 5.97 Å². The standard InChI is InChI=1S/C14H28N2O3/c1-7-19-13(18)10-16(9-11(2)3)12(17)8-15-14(4,5)6/h11,15H,7-10H2,1-6H3. The molecule has 5 heteroatoms. The molecular weight excluding hydrogens is 244 g/mol. The first kappa shape index (κ1) is 17.9. The van der Waals surface area contributed by atoms with Gasteiger partial charge in [0.15, 0.2) is 0 Å². The van der Waals surface area contributed by atoms with E-state index in [2.05, 4.69) is 5.32 Å². The summed E-state index contributed by atoms with van der Waals surface area (Å²) in [6.07, 6.45) is 0. The van der Waals surface area contributed by atoms with Gasteiger partial charge in [-0.3, -0.25) is 9.59 Å². The molecule has 0 aromatic heterocycles. The lowest BCUT2D eigenvalue weighted by atomic mass is 10.1. The molecule has 0 aromatic rings. The molecule has 0 aromatic carbocycles. The molecule has 0 radical (unpaired) electrons. The van der Waals surface area contributed by atoms with Crippen LogP contribution in [0.15, 0.2) is 0 Å². The molecule has 19 heavy (non-hydrogen) atoms. The normalized spacial score (nSPS) is 11.5. The summed E-state index contributed by atoms with van der Waals surface area (Å²) >= 11 is 0. The molecule has 0 heterocycles. The zero-order valence-corrected chi connectivity index (χ0v) is 13.1. The molecule has 0 aliphatic rings. The molecule has 0 aliphatic heterocycles. The zero-order chi connectivity index (χ0) is 15.1. The van der Waals surface area contributed by atoms with Gasteiger partial charge in [-0.2, -0.15) is 0 Å². The molecule has 0 rings (SSSR count). The van der Waals surface area contributed by atoms with Gasteiger partial charge in [0.25, 0.3) is 0 Å². The summed E-state index contributed by atoms with van der Waals surface area (Å²) in [4.78, 5) is 25.2. The van der Waals surface area contributed by atoms with Crippen molar-refractivity contribution in [3.05, 3.63) is 0 Å². The van der Waals surface area contributed by atoms with E-state index in [1.54, 1.807) is 11.8 Å². The van der Waals surface area contributed by atoms with Crippen molar-refractivity contribution < 1.29 is 14.3 Å². The second kappa shape index (κ2) is 8.15. The summed E-state index contributed by atoms with van der Waals surface area (Å²) in [5, 5.41) is 3.14. The van der Waals surface area contributed by atoms with Crippen LogP contribution in [-0.4, -0.2) is 48.6 Å². The highest BCUT2D eigenvalue weighted by molar-refractivity contribution is 5.83. The van der Waals surface area contributed by atoms with Crippen LogP contribution in [0.5, 0.6) is 0 Å². The Kier molecular flexibility index (Phi) is 7.68. The fourth-order valence-corrected chi connectivity index (χ4v) is 1.51. The average molecular weight is 272 g/mol. The Hall–Kier alpha value is -1.10. The minimum atomic E-state index is -0.354. The Morgan fingerprint density at radius 2 is 1.84 bits per heavy atom. The molecule has 0 fully saturated rings. The van der Waals surface area contributed by atoms with Crippen LogP contribution in [0.4, 0.5) is 0 Å². The summed E-state index contributed by atoms with van der Waals surface area (Å²) in [6, 6.07) is 0. The number of amides is 1. The first-order valence-electron chi connectivity index (χ1n) is 6.84. The van der Waals surface area contributed by atoms with Crippen molar-refractivity contribution in [2.24, 2.45) is 5.92 Å². The number of nitrogens with one attached hydrogen (secondary N) is 1. The van der Waals surface area contributed by atoms with E-state index in [0.29, 0.717) is 19.1 Å². The van der Waals surface area contributed by atoms with Gasteiger partial charge in [-0.05, 0) is 33.6 Å². The zero-order valence-electron chi connectivity index (χ0n) is 13.1. The van der Waals surface area contributed by atoms with Crippen LogP contribution in [0.2, 0.25) is 0 Å². The lowest BCUT2D eigenvalue weighted by molar-refractivity contribution is -0.149. The van der Waals surface area contributed by atoms with Crippen LogP contribution in [0, 0.1) is 5.92 Å². The number of rotatable bonds is 7. The van der Waals surface area contributed by atoms with Gasteiger partial charge in [-0.15, -0.1) is 0 Å². The van der Waals surface area contributed by atoms with Gasteiger partial charge in [0, 0.05) is 12.1 Å². The predicted molar refractivity (Wildman–Crippen MR) is 75.8 cm³/mol. The predicted octanol–water partition coefficient (Wildman–Crippen LogP) is 1.42. The Bertz CT molecular complexity index is 296. The summed E-state index contributed by atoms with van der Waals surface area (Å²) in [6.45, 7) is 12.9. The Balaban J connectivity index is 4.47. The first-order chi connectivity index (χ1) is 8.65. The Labute approximate surface area is 116 Å². The number of esters is 1. The second-order valence-corrected chi connectivity index (χ2v) is 6.08. The molecule has 112 valence electrons. The number of hydrogen-bond acceptors (Lipinski definition) is 4. The van der Waals surface area contributed by atoms with Crippen LogP contribution in [-0.2, 0) is 14.3 Å². The number of hydrogen-bond donors (Lipinski definition) is 1. The van der Waals surface area contributed by atoms with E-state index in [9.17, 15) is 9.59 Å². The maximum Gasteiger partial charge on any atom is 0.325 e. The van der Waals surface area contributed by atoms with Crippen molar-refractivity contribution >= 4 is 11.9 Å². The maximum absolute atomic E-state index is 12.1. The summed E-state index contributed by atoms with van der Waals surface area (Å²) in [5.41, 5.74) is -0.122. The molecule has 0 spiro atoms. The fraction of sp³-hybridized carbons (Fsp3) is 0.857. The molecule has 0 bridgehead atoms. The van der Waals surface area contributed by atoms with Crippen molar-refractivity contribution in [3.8, 4) is 0 Å². The Morgan fingerprint density at radius 1 is 1.26 bits per heavy atom. The highest BCUT2D eigenvalue weighted by atomic mass is 16.5. The Morgan fingerprint density at radius 3 is 2.26 bits per heavy atom. The topological polar surface area (TPSA) is 58.6 Å². The molecule has 0 aliphatic carbocycles. The van der Waals surface area contributed by atoms with E-state index in [1.165, 1.54) is 0 Å². The van der Waals surface area contributed by atoms with Crippen molar-refractivity contribution in [1.29, 1.82) is 0 Å². The quantitative estimate of drug-likeness (QED) is 0.712. The van der Waals surface area contributed by atoms with Gasteiger partial charge in [0.05, 0.1) is 13.2 Å². The van der Waals surface area contributed by atoms with Crippen molar-refractivity contribution in [3.63, 3.8) is 0 Å². The molecule has 1 N–H and O–H groups in total. The number of carbonyl (C=O) groups is 2. The summed E-state index contributed by atoms with van der Waals surface area (Å²) < 4.78 is 4.90. The number of ether oxygens (including phenoxy) is 1. The van der Waals surface area contributed by atoms with Crippen LogP contribution in [0.3, 0.4) is 0 Å². The lowest BCUT2D eigenvalue weighted by Crippen LogP contribution is -2.47.